The van der Waals surface area contributed by atoms with Crippen LogP contribution in [0, 0.1) is 0 Å². The fourth-order valence-electron chi connectivity index (χ4n) is 3.31. The Morgan fingerprint density at radius 2 is 1.82 bits per heavy atom. The number of allylic oxidation sites excluding steroid dienone is 1. The Morgan fingerprint density at radius 1 is 1.10 bits per heavy atom. The van der Waals surface area contributed by atoms with E-state index in [1.54, 1.807) is 36.6 Å². The lowest BCUT2D eigenvalue weighted by molar-refractivity contribution is -0.274. The number of hydrogen-bond acceptors (Lipinski definition) is 9. The number of thioether (sulfide) groups is 1. The number of ether oxygens (including phenoxy) is 5. The summed E-state index contributed by atoms with van der Waals surface area (Å²) in [4.78, 5) is 33.2. The first-order chi connectivity index (χ1) is 18.6. The minimum atomic E-state index is -4.87. The zero-order valence-corrected chi connectivity index (χ0v) is 22.2. The van der Waals surface area contributed by atoms with E-state index >= 15 is 0 Å². The summed E-state index contributed by atoms with van der Waals surface area (Å²) < 4.78 is 63.9. The van der Waals surface area contributed by atoms with Crippen molar-refractivity contribution in [3.63, 3.8) is 0 Å². The quantitative estimate of drug-likeness (QED) is 0.233. The third-order valence-corrected chi connectivity index (χ3v) is 6.22. The second-order valence-corrected chi connectivity index (χ2v) is 8.87. The van der Waals surface area contributed by atoms with Crippen LogP contribution in [0.1, 0.15) is 24.2 Å². The molecule has 39 heavy (non-hydrogen) atoms. The van der Waals surface area contributed by atoms with Crippen molar-refractivity contribution >= 4 is 30.6 Å². The van der Waals surface area contributed by atoms with E-state index in [-0.39, 0.29) is 31.2 Å². The molecule has 9 nitrogen and oxygen atoms in total. The molecule has 0 aliphatic heterocycles. The molecule has 212 valence electrons. The molecule has 0 aliphatic rings. The van der Waals surface area contributed by atoms with Gasteiger partial charge in [0.15, 0.2) is 5.76 Å². The SMILES string of the molecule is CO/C(COC(COc1ccc(CC(SC)C(=O)NC=O)cc1)c1cccc(OC(F)(F)F)c1)=C(/C)OC=O. The van der Waals surface area contributed by atoms with E-state index in [1.807, 2.05) is 0 Å². The number of halogens is 3. The van der Waals surface area contributed by atoms with E-state index in [1.165, 1.54) is 37.9 Å². The van der Waals surface area contributed by atoms with E-state index in [0.717, 1.165) is 11.6 Å². The largest absolute Gasteiger partial charge is 0.573 e. The Balaban J connectivity index is 2.19. The number of amides is 2. The molecule has 0 bridgehead atoms. The maximum atomic E-state index is 12.7. The zero-order chi connectivity index (χ0) is 28.8. The molecule has 13 heteroatoms. The highest BCUT2D eigenvalue weighted by Gasteiger charge is 2.31. The fraction of sp³-hybridized carbons (Fsp3) is 0.346. The van der Waals surface area contributed by atoms with Crippen molar-refractivity contribution in [3.05, 3.63) is 71.2 Å². The number of benzene rings is 2. The second kappa shape index (κ2) is 15.6. The Hall–Kier alpha value is -3.71. The Labute approximate surface area is 227 Å². The summed E-state index contributed by atoms with van der Waals surface area (Å²) in [5, 5.41) is 1.69. The van der Waals surface area contributed by atoms with Crippen LogP contribution in [0.3, 0.4) is 0 Å². The van der Waals surface area contributed by atoms with Gasteiger partial charge in [-0.1, -0.05) is 24.3 Å². The van der Waals surface area contributed by atoms with Gasteiger partial charge in [-0.25, -0.2) is 0 Å². The van der Waals surface area contributed by atoms with Gasteiger partial charge in [-0.05, 0) is 55.0 Å². The van der Waals surface area contributed by atoms with Gasteiger partial charge in [0.1, 0.15) is 36.6 Å². The molecule has 0 spiro atoms. The fourth-order valence-corrected chi connectivity index (χ4v) is 3.95. The summed E-state index contributed by atoms with van der Waals surface area (Å²) in [7, 11) is 1.35. The molecule has 0 saturated heterocycles. The molecular weight excluding hydrogens is 543 g/mol. The van der Waals surface area contributed by atoms with Crippen LogP contribution in [0.25, 0.3) is 0 Å². The number of carbonyl (C=O) groups excluding carboxylic acids is 3. The van der Waals surface area contributed by atoms with Gasteiger partial charge in [-0.15, -0.1) is 13.2 Å². The Kier molecular flexibility index (Phi) is 12.6. The molecule has 2 atom stereocenters. The zero-order valence-electron chi connectivity index (χ0n) is 21.4. The average Bonchev–Trinajstić information content (AvgIpc) is 2.89. The van der Waals surface area contributed by atoms with Crippen LogP contribution < -0.4 is 14.8 Å². The summed E-state index contributed by atoms with van der Waals surface area (Å²) in [6.07, 6.45) is -3.26. The molecule has 0 fully saturated rings. The number of imide groups is 1. The minimum absolute atomic E-state index is 0.103. The van der Waals surface area contributed by atoms with Crippen LogP contribution in [-0.2, 0) is 35.0 Å². The smallest absolute Gasteiger partial charge is 0.495 e. The van der Waals surface area contributed by atoms with E-state index in [9.17, 15) is 27.6 Å². The third-order valence-electron chi connectivity index (χ3n) is 5.27. The summed E-state index contributed by atoms with van der Waals surface area (Å²) in [6, 6.07) is 12.1. The van der Waals surface area contributed by atoms with Crippen LogP contribution in [-0.4, -0.2) is 57.0 Å². The Morgan fingerprint density at radius 3 is 2.41 bits per heavy atom. The number of rotatable bonds is 16. The van der Waals surface area contributed by atoms with Crippen molar-refractivity contribution in [1.82, 2.24) is 5.32 Å². The molecule has 0 saturated carbocycles. The van der Waals surface area contributed by atoms with Gasteiger partial charge in [0.2, 0.25) is 12.3 Å². The van der Waals surface area contributed by atoms with E-state index in [4.69, 9.17) is 18.9 Å². The number of carbonyl (C=O) groups is 3. The summed E-state index contributed by atoms with van der Waals surface area (Å²) in [5.41, 5.74) is 1.16. The monoisotopic (exact) mass is 571 g/mol. The molecule has 2 amide bonds. The van der Waals surface area contributed by atoms with Gasteiger partial charge in [0, 0.05) is 0 Å². The first-order valence-corrected chi connectivity index (χ1v) is 12.7. The number of hydrogen-bond donors (Lipinski definition) is 1. The molecular formula is C26H28F3NO8S. The normalized spacial score (nSPS) is 13.4. The van der Waals surface area contributed by atoms with E-state index in [2.05, 4.69) is 10.1 Å². The molecule has 0 aliphatic carbocycles. The first-order valence-electron chi connectivity index (χ1n) is 11.4. The molecule has 2 rings (SSSR count). The van der Waals surface area contributed by atoms with Crippen LogP contribution >= 0.6 is 11.8 Å². The predicted molar refractivity (Wildman–Crippen MR) is 136 cm³/mol. The van der Waals surface area contributed by atoms with Crippen molar-refractivity contribution < 1.29 is 51.2 Å². The summed E-state index contributed by atoms with van der Waals surface area (Å²) in [6.45, 7) is 1.44. The lowest BCUT2D eigenvalue weighted by atomic mass is 10.1. The predicted octanol–water partition coefficient (Wildman–Crippen LogP) is 4.32. The average molecular weight is 572 g/mol. The van der Waals surface area contributed by atoms with Crippen molar-refractivity contribution in [1.29, 1.82) is 0 Å². The first kappa shape index (κ1) is 31.5. The van der Waals surface area contributed by atoms with Gasteiger partial charge < -0.3 is 23.7 Å². The minimum Gasteiger partial charge on any atom is -0.495 e. The van der Waals surface area contributed by atoms with Crippen molar-refractivity contribution in [2.75, 3.05) is 26.6 Å². The van der Waals surface area contributed by atoms with Crippen molar-refractivity contribution in [2.24, 2.45) is 0 Å². The maximum Gasteiger partial charge on any atom is 0.573 e. The van der Waals surface area contributed by atoms with Crippen LogP contribution in [0.4, 0.5) is 13.2 Å². The van der Waals surface area contributed by atoms with Crippen molar-refractivity contribution in [2.45, 2.75) is 31.1 Å². The molecule has 0 aromatic heterocycles. The number of alkyl halides is 3. The highest BCUT2D eigenvalue weighted by atomic mass is 32.2. The molecule has 2 aromatic carbocycles. The summed E-state index contributed by atoms with van der Waals surface area (Å²) >= 11 is 1.31. The lowest BCUT2D eigenvalue weighted by Gasteiger charge is -2.21. The third kappa shape index (κ3) is 10.9. The van der Waals surface area contributed by atoms with Crippen LogP contribution in [0.5, 0.6) is 11.5 Å². The molecule has 1 N–H and O–H groups in total. The van der Waals surface area contributed by atoms with Crippen LogP contribution in [0.2, 0.25) is 0 Å². The van der Waals surface area contributed by atoms with Crippen molar-refractivity contribution in [3.8, 4) is 11.5 Å². The van der Waals surface area contributed by atoms with E-state index < -0.39 is 29.4 Å². The van der Waals surface area contributed by atoms with Gasteiger partial charge in [0.25, 0.3) is 6.47 Å². The van der Waals surface area contributed by atoms with Gasteiger partial charge in [0.05, 0.1) is 12.4 Å². The van der Waals surface area contributed by atoms with Gasteiger partial charge in [-0.3, -0.25) is 19.7 Å². The highest BCUT2D eigenvalue weighted by Crippen LogP contribution is 2.28. The highest BCUT2D eigenvalue weighted by molar-refractivity contribution is 7.99. The molecule has 2 aromatic rings. The molecule has 0 radical (unpaired) electrons. The topological polar surface area (TPSA) is 109 Å². The summed E-state index contributed by atoms with van der Waals surface area (Å²) in [5.74, 6) is -0.0323. The van der Waals surface area contributed by atoms with Gasteiger partial charge in [-0.2, -0.15) is 11.8 Å². The van der Waals surface area contributed by atoms with Gasteiger partial charge >= 0.3 is 6.36 Å². The molecule has 0 heterocycles. The standard InChI is InChI=1S/C26H28F3NO8S/c1-17(37-16-32)22(34-2)13-36-23(19-5-4-6-21(12-19)38-26(27,28)29)14-35-20-9-7-18(8-10-20)11-24(39-3)25(33)30-15-31/h4-10,12,15-16,23-24H,11,13-14H2,1-3H3,(H,30,31,33)/b22-17-. The van der Waals surface area contributed by atoms with Crippen LogP contribution in [0.15, 0.2) is 60.0 Å². The second-order valence-electron chi connectivity index (χ2n) is 7.83. The molecule has 2 unspecified atom stereocenters. The number of methoxy groups -OCH3 is 1. The lowest BCUT2D eigenvalue weighted by Crippen LogP contribution is -2.32. The van der Waals surface area contributed by atoms with E-state index in [0.29, 0.717) is 24.1 Å². The Bertz CT molecular complexity index is 1120. The maximum absolute atomic E-state index is 12.7. The number of nitrogens with one attached hydrogen (secondary N) is 1.